The molecule has 198 valence electrons. The Labute approximate surface area is 212 Å². The van der Waals surface area contributed by atoms with E-state index in [4.69, 9.17) is 4.74 Å². The molecule has 0 spiro atoms. The summed E-state index contributed by atoms with van der Waals surface area (Å²) in [7, 11) is 0. The smallest absolute Gasteiger partial charge is 0.295 e. The zero-order valence-corrected chi connectivity index (χ0v) is 21.2. The number of nitrogens with zero attached hydrogens (tertiary/aromatic N) is 2. The lowest BCUT2D eigenvalue weighted by molar-refractivity contribution is -0.157. The van der Waals surface area contributed by atoms with Gasteiger partial charge in [0.05, 0.1) is 19.3 Å². The number of benzene rings is 2. The molecule has 0 saturated carbocycles. The highest BCUT2D eigenvalue weighted by atomic mass is 16.5. The minimum absolute atomic E-state index is 0. The first-order chi connectivity index (χ1) is 15.9. The van der Waals surface area contributed by atoms with Gasteiger partial charge in [0.2, 0.25) is 11.7 Å². The van der Waals surface area contributed by atoms with Crippen LogP contribution in [0.15, 0.2) is 42.5 Å². The fraction of sp³-hybridized carbons (Fsp3) is 0.444. The predicted octanol–water partition coefficient (Wildman–Crippen LogP) is 1.13. The van der Waals surface area contributed by atoms with Crippen LogP contribution in [0.2, 0.25) is 0 Å². The molecule has 2 fully saturated rings. The lowest BCUT2D eigenvalue weighted by Gasteiger charge is -2.48. The maximum atomic E-state index is 13.3. The topological polar surface area (TPSA) is 161 Å². The Bertz CT molecular complexity index is 1030. The van der Waals surface area contributed by atoms with Crippen LogP contribution in [0.1, 0.15) is 51.9 Å². The molecule has 9 nitrogen and oxygen atoms in total. The third kappa shape index (κ3) is 6.36. The molecule has 9 heteroatoms. The van der Waals surface area contributed by atoms with Crippen LogP contribution in [0, 0.1) is 20.8 Å². The van der Waals surface area contributed by atoms with Gasteiger partial charge in [-0.05, 0) is 74.4 Å². The highest BCUT2D eigenvalue weighted by Crippen LogP contribution is 2.30. The number of likely N-dealkylation sites (tertiary alicyclic amines) is 1. The van der Waals surface area contributed by atoms with Crippen molar-refractivity contribution in [1.29, 1.82) is 0 Å². The van der Waals surface area contributed by atoms with E-state index in [2.05, 4.69) is 0 Å². The number of hydrogen-bond donors (Lipinski definition) is 0. The molecule has 6 N–H and O–H groups in total. The lowest BCUT2D eigenvalue weighted by atomic mass is 9.89. The summed E-state index contributed by atoms with van der Waals surface area (Å²) in [5, 5.41) is 0. The van der Waals surface area contributed by atoms with Crippen molar-refractivity contribution in [3.8, 4) is 0 Å². The highest BCUT2D eigenvalue weighted by molar-refractivity contribution is 6.43. The number of piperidine rings is 1. The molecule has 2 heterocycles. The first-order valence-corrected chi connectivity index (χ1v) is 11.7. The number of aryl methyl sites for hydroxylation is 2. The number of ketones is 1. The summed E-state index contributed by atoms with van der Waals surface area (Å²) in [5.74, 6) is -1.15. The molecule has 2 aromatic rings. The first kappa shape index (κ1) is 30.9. The molecule has 2 saturated heterocycles. The number of piperazine rings is 1. The standard InChI is InChI=1S/C27H32N2O4.3H2O/c1-18-14-22(15-19(2)20(18)3)25(30)27(32)29-23-10-7-11-24(29)26(31)28(16-23)12-13-33-17-21-8-5-4-6-9-21;;;/h4-6,8-9,14-15,23-24H,7,10-13,16-17H2,1-3H3;3*1H2. The van der Waals surface area contributed by atoms with Gasteiger partial charge < -0.3 is 31.0 Å². The maximum absolute atomic E-state index is 13.3. The summed E-state index contributed by atoms with van der Waals surface area (Å²) in [6.07, 6.45) is 2.29. The van der Waals surface area contributed by atoms with Crippen molar-refractivity contribution < 1.29 is 35.5 Å². The van der Waals surface area contributed by atoms with Crippen molar-refractivity contribution >= 4 is 17.6 Å². The van der Waals surface area contributed by atoms with Crippen LogP contribution in [-0.2, 0) is 20.9 Å². The first-order valence-electron chi connectivity index (χ1n) is 11.7. The molecule has 0 aromatic heterocycles. The number of rotatable bonds is 7. The maximum Gasteiger partial charge on any atom is 0.295 e. The van der Waals surface area contributed by atoms with Crippen molar-refractivity contribution in [2.45, 2.75) is 58.7 Å². The number of ether oxygens (including phenoxy) is 1. The second kappa shape index (κ2) is 13.3. The fourth-order valence-corrected chi connectivity index (χ4v) is 4.91. The van der Waals surface area contributed by atoms with Crippen molar-refractivity contribution in [2.75, 3.05) is 19.7 Å². The minimum Gasteiger partial charge on any atom is -0.412 e. The molecule has 2 aromatic carbocycles. The molecule has 4 rings (SSSR count). The van der Waals surface area contributed by atoms with Crippen molar-refractivity contribution in [3.63, 3.8) is 0 Å². The van der Waals surface area contributed by atoms with Gasteiger partial charge in [-0.2, -0.15) is 0 Å². The third-order valence-corrected chi connectivity index (χ3v) is 7.01. The summed E-state index contributed by atoms with van der Waals surface area (Å²) in [6, 6.07) is 12.8. The summed E-state index contributed by atoms with van der Waals surface area (Å²) in [4.78, 5) is 42.9. The van der Waals surface area contributed by atoms with E-state index in [1.165, 1.54) is 0 Å². The van der Waals surface area contributed by atoms with Crippen molar-refractivity contribution in [1.82, 2.24) is 9.80 Å². The molecule has 2 bridgehead atoms. The van der Waals surface area contributed by atoms with Gasteiger partial charge in [0.1, 0.15) is 6.04 Å². The van der Waals surface area contributed by atoms with Crippen LogP contribution in [0.25, 0.3) is 0 Å². The van der Waals surface area contributed by atoms with E-state index in [-0.39, 0.29) is 28.4 Å². The quantitative estimate of drug-likeness (QED) is 0.315. The van der Waals surface area contributed by atoms with Crippen LogP contribution in [0.3, 0.4) is 0 Å². The molecule has 2 aliphatic rings. The molecule has 36 heavy (non-hydrogen) atoms. The van der Waals surface area contributed by atoms with Crippen molar-refractivity contribution in [3.05, 3.63) is 70.3 Å². The molecule has 2 aliphatic heterocycles. The Morgan fingerprint density at radius 2 is 1.61 bits per heavy atom. The van der Waals surface area contributed by atoms with Gasteiger partial charge in [-0.3, -0.25) is 14.4 Å². The van der Waals surface area contributed by atoms with Gasteiger partial charge in [0.15, 0.2) is 0 Å². The molecule has 2 atom stereocenters. The minimum atomic E-state index is -0.560. The normalized spacial score (nSPS) is 18.5. The average molecular weight is 503 g/mol. The zero-order chi connectivity index (χ0) is 23.5. The summed E-state index contributed by atoms with van der Waals surface area (Å²) >= 11 is 0. The average Bonchev–Trinajstić information content (AvgIpc) is 2.82. The van der Waals surface area contributed by atoms with Gasteiger partial charge in [0.25, 0.3) is 5.91 Å². The van der Waals surface area contributed by atoms with Crippen LogP contribution in [0.4, 0.5) is 0 Å². The molecular formula is C27H38N2O7. The highest BCUT2D eigenvalue weighted by Gasteiger charge is 2.46. The van der Waals surface area contributed by atoms with E-state index in [1.807, 2.05) is 51.1 Å². The Balaban J connectivity index is 0.00000216. The van der Waals surface area contributed by atoms with Crippen LogP contribution >= 0.6 is 0 Å². The van der Waals surface area contributed by atoms with E-state index >= 15 is 0 Å². The SMILES string of the molecule is Cc1cc(C(=O)C(=O)N2C3CCCC2C(=O)N(CCOCc2ccccc2)C3)cc(C)c1C.O.O.O. The van der Waals surface area contributed by atoms with Gasteiger partial charge in [0, 0.05) is 18.7 Å². The Morgan fingerprint density at radius 3 is 2.25 bits per heavy atom. The summed E-state index contributed by atoms with van der Waals surface area (Å²) < 4.78 is 5.77. The largest absolute Gasteiger partial charge is 0.412 e. The second-order valence-electron chi connectivity index (χ2n) is 9.20. The number of fused-ring (bicyclic) bond motifs is 2. The van der Waals surface area contributed by atoms with E-state index in [1.54, 1.807) is 21.9 Å². The fourth-order valence-electron chi connectivity index (χ4n) is 4.91. The lowest BCUT2D eigenvalue weighted by Crippen LogP contribution is -2.66. The van der Waals surface area contributed by atoms with Crippen LogP contribution < -0.4 is 0 Å². The van der Waals surface area contributed by atoms with Gasteiger partial charge >= 0.3 is 0 Å². The summed E-state index contributed by atoms with van der Waals surface area (Å²) in [6.45, 7) is 7.78. The molecule has 2 amide bonds. The number of carbonyl (C=O) groups excluding carboxylic acids is 3. The third-order valence-electron chi connectivity index (χ3n) is 7.01. The number of carbonyl (C=O) groups is 3. The van der Waals surface area contributed by atoms with Crippen molar-refractivity contribution in [2.24, 2.45) is 0 Å². The van der Waals surface area contributed by atoms with Gasteiger partial charge in [-0.25, -0.2) is 0 Å². The number of hydrogen-bond acceptors (Lipinski definition) is 4. The molecule has 0 radical (unpaired) electrons. The monoisotopic (exact) mass is 502 g/mol. The molecule has 0 aliphatic carbocycles. The van der Waals surface area contributed by atoms with Gasteiger partial charge in [-0.1, -0.05) is 30.3 Å². The number of amides is 2. The Kier molecular flexibility index (Phi) is 11.4. The van der Waals surface area contributed by atoms with E-state index in [0.29, 0.717) is 38.3 Å². The predicted molar refractivity (Wildman–Crippen MR) is 137 cm³/mol. The van der Waals surface area contributed by atoms with Crippen LogP contribution in [0.5, 0.6) is 0 Å². The van der Waals surface area contributed by atoms with Crippen LogP contribution in [-0.4, -0.2) is 75.6 Å². The second-order valence-corrected chi connectivity index (χ2v) is 9.20. The van der Waals surface area contributed by atoms with E-state index < -0.39 is 17.7 Å². The number of Topliss-reactive ketones (excluding diaryl/α,β-unsaturated/α-hetero) is 1. The molecule has 2 unspecified atom stereocenters. The summed E-state index contributed by atoms with van der Waals surface area (Å²) in [5.41, 5.74) is 4.60. The van der Waals surface area contributed by atoms with Gasteiger partial charge in [-0.15, -0.1) is 0 Å². The Morgan fingerprint density at radius 1 is 0.972 bits per heavy atom. The van der Waals surface area contributed by atoms with E-state index in [9.17, 15) is 14.4 Å². The van der Waals surface area contributed by atoms with E-state index in [0.717, 1.165) is 35.1 Å². The molecular weight excluding hydrogens is 464 g/mol. The Hall–Kier alpha value is -3.11. The zero-order valence-electron chi connectivity index (χ0n) is 21.2.